The van der Waals surface area contributed by atoms with Gasteiger partial charge in [0.25, 0.3) is 0 Å². The second-order valence-electron chi connectivity index (χ2n) is 5.52. The van der Waals surface area contributed by atoms with Gasteiger partial charge in [-0.25, -0.2) is 0 Å². The molecule has 1 fully saturated rings. The summed E-state index contributed by atoms with van der Waals surface area (Å²) in [5.74, 6) is 0. The van der Waals surface area contributed by atoms with Crippen LogP contribution in [0.15, 0.2) is 24.3 Å². The molecule has 20 heavy (non-hydrogen) atoms. The summed E-state index contributed by atoms with van der Waals surface area (Å²) in [6, 6.07) is 7.74. The number of likely N-dealkylation sites (N-methyl/N-ethyl adjacent to an activating group) is 1. The molecule has 0 aromatic heterocycles. The summed E-state index contributed by atoms with van der Waals surface area (Å²) in [6.45, 7) is 2.27. The molecule has 1 aromatic rings. The van der Waals surface area contributed by atoms with Crippen LogP contribution < -0.4 is 5.73 Å². The van der Waals surface area contributed by atoms with Crippen molar-refractivity contribution in [3.8, 4) is 0 Å². The smallest absolute Gasteiger partial charge is 0.0818 e. The molecule has 1 aliphatic rings. The summed E-state index contributed by atoms with van der Waals surface area (Å²) in [5, 5.41) is 11.3. The quantitative estimate of drug-likeness (QED) is 0.870. The van der Waals surface area contributed by atoms with E-state index in [9.17, 15) is 5.11 Å². The Morgan fingerprint density at radius 1 is 1.40 bits per heavy atom. The van der Waals surface area contributed by atoms with Gasteiger partial charge in [0.2, 0.25) is 0 Å². The minimum Gasteiger partial charge on any atom is -0.388 e. The average Bonchev–Trinajstić information content (AvgIpc) is 2.42. The molecule has 1 atom stereocenters. The Morgan fingerprint density at radius 2 is 2.05 bits per heavy atom. The van der Waals surface area contributed by atoms with Gasteiger partial charge in [0.15, 0.2) is 0 Å². The van der Waals surface area contributed by atoms with Gasteiger partial charge in [0, 0.05) is 50.2 Å². The molecule has 112 valence electrons. The zero-order chi connectivity index (χ0) is 14.6. The predicted molar refractivity (Wildman–Crippen MR) is 80.9 cm³/mol. The number of nitrogens with zero attached hydrogens (tertiary/aromatic N) is 1. The maximum Gasteiger partial charge on any atom is 0.0818 e. The van der Waals surface area contributed by atoms with E-state index in [4.69, 9.17) is 22.1 Å². The van der Waals surface area contributed by atoms with Gasteiger partial charge in [0.05, 0.1) is 5.60 Å². The standard InChI is InChI=1S/C15H23ClN2O2/c1-18(11-15(19)6-8-20-9-7-15)14(10-17)12-4-2-3-5-13(12)16/h2-5,14,19H,6-11,17H2,1H3. The lowest BCUT2D eigenvalue weighted by atomic mass is 9.92. The number of aliphatic hydroxyl groups is 1. The Labute approximate surface area is 125 Å². The van der Waals surface area contributed by atoms with Gasteiger partial charge in [-0.15, -0.1) is 0 Å². The van der Waals surface area contributed by atoms with Crippen LogP contribution in [0, 0.1) is 0 Å². The second kappa shape index (κ2) is 6.87. The van der Waals surface area contributed by atoms with Crippen LogP contribution in [0.4, 0.5) is 0 Å². The molecule has 0 spiro atoms. The number of benzene rings is 1. The summed E-state index contributed by atoms with van der Waals surface area (Å²) in [6.07, 6.45) is 1.33. The normalized spacial score (nSPS) is 20.1. The van der Waals surface area contributed by atoms with E-state index in [1.807, 2.05) is 31.3 Å². The molecule has 1 aromatic carbocycles. The fraction of sp³-hybridized carbons (Fsp3) is 0.600. The van der Waals surface area contributed by atoms with Crippen molar-refractivity contribution < 1.29 is 9.84 Å². The highest BCUT2D eigenvalue weighted by molar-refractivity contribution is 6.31. The van der Waals surface area contributed by atoms with Gasteiger partial charge in [-0.1, -0.05) is 29.8 Å². The van der Waals surface area contributed by atoms with Gasteiger partial charge >= 0.3 is 0 Å². The third-order valence-electron chi connectivity index (χ3n) is 3.99. The van der Waals surface area contributed by atoms with Crippen LogP contribution in [0.3, 0.4) is 0 Å². The summed E-state index contributed by atoms with van der Waals surface area (Å²) in [5.41, 5.74) is 6.23. The molecule has 0 bridgehead atoms. The van der Waals surface area contributed by atoms with Gasteiger partial charge in [-0.05, 0) is 18.7 Å². The van der Waals surface area contributed by atoms with Crippen LogP contribution in [-0.4, -0.2) is 49.0 Å². The highest BCUT2D eigenvalue weighted by atomic mass is 35.5. The van der Waals surface area contributed by atoms with Gasteiger partial charge in [-0.3, -0.25) is 4.90 Å². The molecule has 1 aliphatic heterocycles. The Morgan fingerprint density at radius 3 is 2.65 bits per heavy atom. The van der Waals surface area contributed by atoms with Crippen molar-refractivity contribution in [2.75, 3.05) is 33.4 Å². The van der Waals surface area contributed by atoms with Crippen LogP contribution in [0.1, 0.15) is 24.4 Å². The Balaban J connectivity index is 2.09. The van der Waals surface area contributed by atoms with Crippen LogP contribution >= 0.6 is 11.6 Å². The van der Waals surface area contributed by atoms with E-state index in [1.165, 1.54) is 0 Å². The van der Waals surface area contributed by atoms with Gasteiger partial charge < -0.3 is 15.6 Å². The molecule has 4 nitrogen and oxygen atoms in total. The minimum atomic E-state index is -0.693. The molecule has 1 unspecified atom stereocenters. The van der Waals surface area contributed by atoms with E-state index in [1.54, 1.807) is 0 Å². The first-order chi connectivity index (χ1) is 9.56. The molecule has 0 aliphatic carbocycles. The second-order valence-corrected chi connectivity index (χ2v) is 5.93. The largest absolute Gasteiger partial charge is 0.388 e. The summed E-state index contributed by atoms with van der Waals surface area (Å²) >= 11 is 6.25. The molecule has 0 saturated carbocycles. The van der Waals surface area contributed by atoms with E-state index in [-0.39, 0.29) is 6.04 Å². The molecule has 3 N–H and O–H groups in total. The molecule has 1 saturated heterocycles. The number of hydrogen-bond donors (Lipinski definition) is 2. The number of nitrogens with two attached hydrogens (primary N) is 1. The first-order valence-corrected chi connectivity index (χ1v) is 7.38. The zero-order valence-corrected chi connectivity index (χ0v) is 12.6. The number of hydrogen-bond acceptors (Lipinski definition) is 4. The van der Waals surface area contributed by atoms with E-state index in [0.717, 1.165) is 5.56 Å². The number of ether oxygens (including phenoxy) is 1. The predicted octanol–water partition coefficient (Wildman–Crippen LogP) is 1.81. The van der Waals surface area contributed by atoms with Crippen molar-refractivity contribution in [1.29, 1.82) is 0 Å². The van der Waals surface area contributed by atoms with Crippen molar-refractivity contribution in [1.82, 2.24) is 4.90 Å². The van der Waals surface area contributed by atoms with Crippen LogP contribution in [0.25, 0.3) is 0 Å². The minimum absolute atomic E-state index is 0.00979. The molecular weight excluding hydrogens is 276 g/mol. The van der Waals surface area contributed by atoms with Crippen molar-refractivity contribution >= 4 is 11.6 Å². The third-order valence-corrected chi connectivity index (χ3v) is 4.33. The van der Waals surface area contributed by atoms with Gasteiger partial charge in [-0.2, -0.15) is 0 Å². The SMILES string of the molecule is CN(CC1(O)CCOCC1)C(CN)c1ccccc1Cl. The molecule has 0 amide bonds. The fourth-order valence-corrected chi connectivity index (χ4v) is 3.04. The highest BCUT2D eigenvalue weighted by Gasteiger charge is 2.33. The highest BCUT2D eigenvalue weighted by Crippen LogP contribution is 2.29. The van der Waals surface area contributed by atoms with E-state index < -0.39 is 5.60 Å². The first kappa shape index (κ1) is 15.7. The molecule has 0 radical (unpaired) electrons. The van der Waals surface area contributed by atoms with E-state index in [2.05, 4.69) is 4.90 Å². The summed E-state index contributed by atoms with van der Waals surface area (Å²) in [4.78, 5) is 2.09. The Bertz CT molecular complexity index is 436. The number of halogens is 1. The van der Waals surface area contributed by atoms with E-state index >= 15 is 0 Å². The van der Waals surface area contributed by atoms with Crippen molar-refractivity contribution in [3.63, 3.8) is 0 Å². The third kappa shape index (κ3) is 3.71. The Hall–Kier alpha value is -0.650. The molecular formula is C15H23ClN2O2. The van der Waals surface area contributed by atoms with Crippen molar-refractivity contribution in [2.45, 2.75) is 24.5 Å². The van der Waals surface area contributed by atoms with Crippen LogP contribution in [0.5, 0.6) is 0 Å². The number of rotatable bonds is 5. The van der Waals surface area contributed by atoms with Crippen molar-refractivity contribution in [3.05, 3.63) is 34.9 Å². The summed E-state index contributed by atoms with van der Waals surface area (Å²) < 4.78 is 5.31. The van der Waals surface area contributed by atoms with Crippen LogP contribution in [0.2, 0.25) is 5.02 Å². The molecule has 5 heteroatoms. The first-order valence-electron chi connectivity index (χ1n) is 7.00. The topological polar surface area (TPSA) is 58.7 Å². The zero-order valence-electron chi connectivity index (χ0n) is 11.9. The lowest BCUT2D eigenvalue weighted by Crippen LogP contribution is -2.47. The van der Waals surface area contributed by atoms with Crippen LogP contribution in [-0.2, 0) is 4.74 Å². The lowest BCUT2D eigenvalue weighted by Gasteiger charge is -2.38. The average molecular weight is 299 g/mol. The fourth-order valence-electron chi connectivity index (χ4n) is 2.77. The van der Waals surface area contributed by atoms with Gasteiger partial charge in [0.1, 0.15) is 0 Å². The maximum absolute atomic E-state index is 10.6. The Kier molecular flexibility index (Phi) is 5.41. The summed E-state index contributed by atoms with van der Waals surface area (Å²) in [7, 11) is 1.98. The lowest BCUT2D eigenvalue weighted by molar-refractivity contribution is -0.0812. The molecule has 2 rings (SSSR count). The monoisotopic (exact) mass is 298 g/mol. The maximum atomic E-state index is 10.6. The molecule has 1 heterocycles. The van der Waals surface area contributed by atoms with Crippen molar-refractivity contribution in [2.24, 2.45) is 5.73 Å². The van der Waals surface area contributed by atoms with E-state index in [0.29, 0.717) is 44.2 Å².